The molecule has 0 amide bonds. The Morgan fingerprint density at radius 3 is 0.833 bits per heavy atom. The first-order valence-corrected chi connectivity index (χ1v) is 12.6. The molecule has 0 radical (unpaired) electrons. The minimum Gasteiger partial charge on any atom is -0.246 e. The van der Waals surface area contributed by atoms with Crippen LogP contribution in [0, 0.1) is 0 Å². The minimum absolute atomic E-state index is 1.78. The van der Waals surface area contributed by atoms with Crippen LogP contribution in [0.4, 0.5) is 0 Å². The summed E-state index contributed by atoms with van der Waals surface area (Å²) in [7, 11) is 11.0. The molecule has 1 heterocycles. The first-order valence-electron chi connectivity index (χ1n) is 4.99. The molecule has 0 unspecified atom stereocenters. The largest absolute Gasteiger partial charge is 0.246 e. The van der Waals surface area contributed by atoms with Crippen molar-refractivity contribution in [3.05, 3.63) is 0 Å². The molecule has 6 nitrogen and oxygen atoms in total. The first-order chi connectivity index (χ1) is 7.95. The Kier molecular flexibility index (Phi) is 5.51. The third kappa shape index (κ3) is 3.36. The summed E-state index contributed by atoms with van der Waals surface area (Å²) >= 11 is 19.6. The summed E-state index contributed by atoms with van der Waals surface area (Å²) in [6.45, 7) is -7.72. The average Bonchev–Trinajstić information content (AvgIpc) is 2.14. The maximum absolute atomic E-state index is 6.54. The predicted molar refractivity (Wildman–Crippen MR) is 86.7 cm³/mol. The lowest BCUT2D eigenvalue weighted by atomic mass is 11.3. The number of nitrogens with zero attached hydrogens (tertiary/aromatic N) is 6. The molecule has 1 aliphatic heterocycles. The van der Waals surface area contributed by atoms with Gasteiger partial charge in [0, 0.05) is 0 Å². The van der Waals surface area contributed by atoms with E-state index in [1.807, 2.05) is 42.3 Å². The van der Waals surface area contributed by atoms with Crippen molar-refractivity contribution in [3.63, 3.8) is 0 Å². The van der Waals surface area contributed by atoms with Gasteiger partial charge in [0.2, 0.25) is 20.1 Å². The van der Waals surface area contributed by atoms with Crippen LogP contribution in [0.25, 0.3) is 0 Å². The van der Waals surface area contributed by atoms with E-state index in [-0.39, 0.29) is 0 Å². The van der Waals surface area contributed by atoms with Gasteiger partial charge in [0.15, 0.2) is 0 Å². The Hall–Kier alpha value is 1.44. The zero-order chi connectivity index (χ0) is 14.4. The molecule has 0 N–H and O–H groups in total. The highest BCUT2D eigenvalue weighted by Gasteiger charge is 2.38. The van der Waals surface area contributed by atoms with E-state index in [1.165, 1.54) is 0 Å². The van der Waals surface area contributed by atoms with Crippen LogP contribution in [0.5, 0.6) is 0 Å². The molecule has 0 bridgehead atoms. The van der Waals surface area contributed by atoms with Crippen LogP contribution in [-0.2, 0) is 0 Å². The van der Waals surface area contributed by atoms with Crippen molar-refractivity contribution in [2.24, 2.45) is 13.5 Å². The van der Waals surface area contributed by atoms with Crippen molar-refractivity contribution in [1.82, 2.24) is 14.0 Å². The van der Waals surface area contributed by atoms with Gasteiger partial charge in [-0.1, -0.05) is 0 Å². The molecule has 0 atom stereocenters. The zero-order valence-electron chi connectivity index (χ0n) is 11.2. The summed E-state index contributed by atoms with van der Waals surface area (Å²) in [5.41, 5.74) is 0. The van der Waals surface area contributed by atoms with Crippen LogP contribution < -0.4 is 0 Å². The van der Waals surface area contributed by atoms with E-state index in [0.717, 1.165) is 0 Å². The molecular formula is C6H18Cl3N6P3. The van der Waals surface area contributed by atoms with Gasteiger partial charge < -0.3 is 0 Å². The molecule has 1 aliphatic rings. The van der Waals surface area contributed by atoms with E-state index in [9.17, 15) is 0 Å². The molecule has 12 heteroatoms. The molecule has 18 heavy (non-hydrogen) atoms. The van der Waals surface area contributed by atoms with Gasteiger partial charge in [-0.3, -0.25) is 0 Å². The van der Waals surface area contributed by atoms with Crippen LogP contribution >= 0.6 is 53.8 Å². The Balaban J connectivity index is 3.66. The molecule has 0 fully saturated rings. The second kappa shape index (κ2) is 5.67. The van der Waals surface area contributed by atoms with Crippen LogP contribution in [-0.4, -0.2) is 56.3 Å². The van der Waals surface area contributed by atoms with Crippen molar-refractivity contribution in [1.29, 1.82) is 0 Å². The molecule has 0 saturated heterocycles. The van der Waals surface area contributed by atoms with Gasteiger partial charge in [-0.25, -0.2) is 14.0 Å². The maximum Gasteiger partial charge on any atom is 0.238 e. The minimum atomic E-state index is -2.57. The van der Waals surface area contributed by atoms with Crippen LogP contribution in [0.1, 0.15) is 0 Å². The van der Waals surface area contributed by atoms with E-state index < -0.39 is 20.1 Å². The van der Waals surface area contributed by atoms with E-state index >= 15 is 0 Å². The van der Waals surface area contributed by atoms with Gasteiger partial charge in [0.05, 0.1) is 0 Å². The van der Waals surface area contributed by atoms with Crippen LogP contribution in [0.3, 0.4) is 0 Å². The summed E-state index contributed by atoms with van der Waals surface area (Å²) in [5.74, 6) is 0. The van der Waals surface area contributed by atoms with Gasteiger partial charge in [0.1, 0.15) is 0 Å². The van der Waals surface area contributed by atoms with Gasteiger partial charge in [-0.2, -0.15) is 13.5 Å². The molecule has 0 aromatic carbocycles. The summed E-state index contributed by atoms with van der Waals surface area (Å²) in [4.78, 5) is 0. The summed E-state index contributed by atoms with van der Waals surface area (Å²) in [6, 6.07) is 0. The van der Waals surface area contributed by atoms with Crippen molar-refractivity contribution >= 4 is 53.8 Å². The monoisotopic (exact) mass is 372 g/mol. The highest BCUT2D eigenvalue weighted by Crippen LogP contribution is 2.84. The number of rotatable bonds is 3. The molecular weight excluding hydrogens is 355 g/mol. The van der Waals surface area contributed by atoms with Crippen molar-refractivity contribution in [2.45, 2.75) is 0 Å². The fraction of sp³-hybridized carbons (Fsp3) is 1.00. The average molecular weight is 374 g/mol. The topological polar surface area (TPSA) is 46.8 Å². The molecule has 1 rings (SSSR count). The van der Waals surface area contributed by atoms with Gasteiger partial charge in [0.25, 0.3) is 0 Å². The summed E-state index contributed by atoms with van der Waals surface area (Å²) in [6.07, 6.45) is 0. The Bertz CT molecular complexity index is 411. The Morgan fingerprint density at radius 1 is 0.556 bits per heavy atom. The third-order valence-corrected chi connectivity index (χ3v) is 17.1. The highest BCUT2D eigenvalue weighted by molar-refractivity contribution is 8.07. The standard InChI is InChI=1S/C6H18Cl3N6P3/c1-13(2)16(7)10-17(8,14(3)4)12-18(9,11-16)15(5)6/h1-6H3. The second-order valence-electron chi connectivity index (χ2n) is 4.30. The number of halogens is 3. The highest BCUT2D eigenvalue weighted by atomic mass is 35.7. The Labute approximate surface area is 123 Å². The summed E-state index contributed by atoms with van der Waals surface area (Å²) in [5, 5.41) is 0. The number of hydrogen-bond acceptors (Lipinski definition) is 6. The smallest absolute Gasteiger partial charge is 0.238 e. The lowest BCUT2D eigenvalue weighted by molar-refractivity contribution is 0.659. The van der Waals surface area contributed by atoms with Gasteiger partial charge in [-0.15, -0.1) is 0 Å². The molecule has 0 aliphatic carbocycles. The Morgan fingerprint density at radius 2 is 0.722 bits per heavy atom. The quantitative estimate of drug-likeness (QED) is 0.636. The molecule has 0 spiro atoms. The van der Waals surface area contributed by atoms with E-state index in [0.29, 0.717) is 0 Å². The molecule has 0 saturated carbocycles. The fourth-order valence-electron chi connectivity index (χ4n) is 0.968. The second-order valence-corrected chi connectivity index (χ2v) is 15.9. The normalized spacial score (nSPS) is 40.7. The lowest BCUT2D eigenvalue weighted by Crippen LogP contribution is -2.11. The fourth-order valence-corrected chi connectivity index (χ4v) is 15.7. The van der Waals surface area contributed by atoms with Gasteiger partial charge >= 0.3 is 0 Å². The maximum atomic E-state index is 6.54. The molecule has 0 aromatic rings. The SMILES string of the molecule is CN(C)P1(Cl)=NP(Cl)(N(C)C)=NP(Cl)(N(C)C)=N1. The molecule has 0 aromatic heterocycles. The van der Waals surface area contributed by atoms with Crippen molar-refractivity contribution in [3.8, 4) is 0 Å². The zero-order valence-corrected chi connectivity index (χ0v) is 16.1. The van der Waals surface area contributed by atoms with Gasteiger partial charge in [-0.05, 0) is 76.0 Å². The van der Waals surface area contributed by atoms with Crippen LogP contribution in [0.2, 0.25) is 0 Å². The van der Waals surface area contributed by atoms with Crippen molar-refractivity contribution in [2.75, 3.05) is 42.3 Å². The lowest BCUT2D eigenvalue weighted by Gasteiger charge is -2.34. The van der Waals surface area contributed by atoms with E-state index in [1.54, 1.807) is 14.0 Å². The predicted octanol–water partition coefficient (Wildman–Crippen LogP) is 5.24. The van der Waals surface area contributed by atoms with E-state index in [4.69, 9.17) is 33.7 Å². The van der Waals surface area contributed by atoms with E-state index in [2.05, 4.69) is 13.5 Å². The van der Waals surface area contributed by atoms with Crippen molar-refractivity contribution < 1.29 is 0 Å². The van der Waals surface area contributed by atoms with Crippen LogP contribution in [0.15, 0.2) is 13.5 Å². The third-order valence-electron chi connectivity index (χ3n) is 2.21. The number of hydrogen-bond donors (Lipinski definition) is 0. The molecule has 108 valence electrons. The first kappa shape index (κ1) is 17.5. The summed E-state index contributed by atoms with van der Waals surface area (Å²) < 4.78 is 18.9.